The Kier molecular flexibility index (Phi) is 6.62. The van der Waals surface area contributed by atoms with Crippen LogP contribution in [0.15, 0.2) is 0 Å². The highest BCUT2D eigenvalue weighted by Crippen LogP contribution is 2.10. The van der Waals surface area contributed by atoms with Crippen LogP contribution in [0.3, 0.4) is 0 Å². The average Bonchev–Trinajstić information content (AvgIpc) is 2.23. The summed E-state index contributed by atoms with van der Waals surface area (Å²) < 4.78 is 0. The molecule has 0 bridgehead atoms. The number of likely N-dealkylation sites (tertiary alicyclic amines) is 1. The first kappa shape index (κ1) is 14.0. The maximum absolute atomic E-state index is 11.8. The van der Waals surface area contributed by atoms with Crippen LogP contribution >= 0.6 is 0 Å². The number of carboxylic acid groups (broad SMARTS) is 1. The molecule has 17 heavy (non-hydrogen) atoms. The van der Waals surface area contributed by atoms with E-state index in [0.717, 1.165) is 25.9 Å². The van der Waals surface area contributed by atoms with Gasteiger partial charge in [0, 0.05) is 19.6 Å². The number of rotatable bonds is 5. The first-order valence-corrected chi connectivity index (χ1v) is 6.40. The van der Waals surface area contributed by atoms with Crippen LogP contribution < -0.4 is 5.32 Å². The highest BCUT2D eigenvalue weighted by atomic mass is 16.4. The second kappa shape index (κ2) is 8.06. The van der Waals surface area contributed by atoms with Crippen LogP contribution in [0.2, 0.25) is 0 Å². The molecule has 1 saturated heterocycles. The molecule has 1 fully saturated rings. The normalized spacial score (nSPS) is 17.3. The fourth-order valence-corrected chi connectivity index (χ4v) is 2.00. The predicted molar refractivity (Wildman–Crippen MR) is 64.8 cm³/mol. The number of amides is 1. The minimum absolute atomic E-state index is 0.0628. The first-order chi connectivity index (χ1) is 8.20. The Morgan fingerprint density at radius 3 is 2.24 bits per heavy atom. The quantitative estimate of drug-likeness (QED) is 0.701. The second-order valence-corrected chi connectivity index (χ2v) is 4.47. The van der Waals surface area contributed by atoms with Gasteiger partial charge in [-0.3, -0.25) is 9.59 Å². The number of nitrogens with zero attached hydrogens (tertiary/aromatic N) is 1. The summed E-state index contributed by atoms with van der Waals surface area (Å²) in [4.78, 5) is 24.0. The molecule has 0 atom stereocenters. The molecule has 98 valence electrons. The van der Waals surface area contributed by atoms with Crippen LogP contribution in [0.1, 0.15) is 38.5 Å². The molecule has 1 heterocycles. The van der Waals surface area contributed by atoms with E-state index in [9.17, 15) is 9.59 Å². The Hall–Kier alpha value is -1.10. The molecule has 0 radical (unpaired) electrons. The van der Waals surface area contributed by atoms with Crippen molar-refractivity contribution in [2.75, 3.05) is 26.2 Å². The van der Waals surface area contributed by atoms with E-state index in [1.807, 2.05) is 4.90 Å². The summed E-state index contributed by atoms with van der Waals surface area (Å²) in [7, 11) is 0. The third-order valence-electron chi connectivity index (χ3n) is 3.00. The Morgan fingerprint density at radius 1 is 1.06 bits per heavy atom. The SMILES string of the molecule is O=C(O)CCNCC(=O)N1CCCCCCC1. The largest absolute Gasteiger partial charge is 0.481 e. The van der Waals surface area contributed by atoms with Crippen molar-refractivity contribution in [3.8, 4) is 0 Å². The predicted octanol–water partition coefficient (Wildman–Crippen LogP) is 0.843. The van der Waals surface area contributed by atoms with Crippen LogP contribution in [0.5, 0.6) is 0 Å². The first-order valence-electron chi connectivity index (χ1n) is 6.40. The highest BCUT2D eigenvalue weighted by molar-refractivity contribution is 5.78. The van der Waals surface area contributed by atoms with Crippen molar-refractivity contribution in [2.45, 2.75) is 38.5 Å². The molecular formula is C12H22N2O3. The molecule has 0 spiro atoms. The van der Waals surface area contributed by atoms with Gasteiger partial charge in [0.15, 0.2) is 0 Å². The van der Waals surface area contributed by atoms with E-state index in [2.05, 4.69) is 5.32 Å². The van der Waals surface area contributed by atoms with Crippen LogP contribution in [0, 0.1) is 0 Å². The monoisotopic (exact) mass is 242 g/mol. The highest BCUT2D eigenvalue weighted by Gasteiger charge is 2.13. The van der Waals surface area contributed by atoms with Gasteiger partial charge in [0.1, 0.15) is 0 Å². The average molecular weight is 242 g/mol. The summed E-state index contributed by atoms with van der Waals surface area (Å²) in [5.74, 6) is -0.742. The molecule has 0 aromatic heterocycles. The summed E-state index contributed by atoms with van der Waals surface area (Å²) in [6.45, 7) is 2.31. The number of hydrogen-bond acceptors (Lipinski definition) is 3. The number of aliphatic carboxylic acids is 1. The van der Waals surface area contributed by atoms with Crippen LogP contribution in [-0.4, -0.2) is 48.1 Å². The number of carbonyl (C=O) groups excluding carboxylic acids is 1. The van der Waals surface area contributed by atoms with Crippen molar-refractivity contribution in [3.05, 3.63) is 0 Å². The third kappa shape index (κ3) is 6.26. The molecule has 1 aliphatic rings. The number of carbonyl (C=O) groups is 2. The molecule has 5 nitrogen and oxygen atoms in total. The zero-order chi connectivity index (χ0) is 12.5. The van der Waals surface area contributed by atoms with E-state index in [-0.39, 0.29) is 18.9 Å². The maximum Gasteiger partial charge on any atom is 0.304 e. The van der Waals surface area contributed by atoms with Gasteiger partial charge < -0.3 is 15.3 Å². The Morgan fingerprint density at radius 2 is 1.65 bits per heavy atom. The molecule has 0 aromatic carbocycles. The zero-order valence-electron chi connectivity index (χ0n) is 10.3. The fourth-order valence-electron chi connectivity index (χ4n) is 2.00. The van der Waals surface area contributed by atoms with Gasteiger partial charge in [-0.2, -0.15) is 0 Å². The molecule has 1 amide bonds. The summed E-state index contributed by atoms with van der Waals surface area (Å²) in [6.07, 6.45) is 5.92. The lowest BCUT2D eigenvalue weighted by molar-refractivity contribution is -0.137. The number of hydrogen-bond donors (Lipinski definition) is 2. The van der Waals surface area contributed by atoms with Crippen molar-refractivity contribution in [1.82, 2.24) is 10.2 Å². The second-order valence-electron chi connectivity index (χ2n) is 4.47. The molecule has 2 N–H and O–H groups in total. The molecule has 1 aliphatic heterocycles. The van der Waals surface area contributed by atoms with Gasteiger partial charge in [-0.05, 0) is 12.8 Å². The summed E-state index contributed by atoms with van der Waals surface area (Å²) in [5, 5.41) is 11.3. The van der Waals surface area contributed by atoms with Gasteiger partial charge in [0.2, 0.25) is 5.91 Å². The lowest BCUT2D eigenvalue weighted by Crippen LogP contribution is -2.40. The lowest BCUT2D eigenvalue weighted by Gasteiger charge is -2.24. The zero-order valence-corrected chi connectivity index (χ0v) is 10.3. The van der Waals surface area contributed by atoms with Crippen molar-refractivity contribution < 1.29 is 14.7 Å². The minimum atomic E-state index is -0.837. The number of nitrogens with one attached hydrogen (secondary N) is 1. The van der Waals surface area contributed by atoms with Gasteiger partial charge in [-0.1, -0.05) is 19.3 Å². The van der Waals surface area contributed by atoms with E-state index in [4.69, 9.17) is 5.11 Å². The lowest BCUT2D eigenvalue weighted by atomic mass is 10.1. The molecule has 1 rings (SSSR count). The van der Waals surface area contributed by atoms with Crippen molar-refractivity contribution in [3.63, 3.8) is 0 Å². The Bertz CT molecular complexity index is 248. The summed E-state index contributed by atoms with van der Waals surface area (Å²) in [6, 6.07) is 0. The molecule has 0 aromatic rings. The van der Waals surface area contributed by atoms with E-state index in [1.165, 1.54) is 19.3 Å². The Balaban J connectivity index is 2.18. The van der Waals surface area contributed by atoms with Gasteiger partial charge >= 0.3 is 5.97 Å². The van der Waals surface area contributed by atoms with Gasteiger partial charge in [-0.15, -0.1) is 0 Å². The van der Waals surface area contributed by atoms with Crippen molar-refractivity contribution in [2.24, 2.45) is 0 Å². The maximum atomic E-state index is 11.8. The van der Waals surface area contributed by atoms with E-state index >= 15 is 0 Å². The van der Waals surface area contributed by atoms with E-state index < -0.39 is 5.97 Å². The fraction of sp³-hybridized carbons (Fsp3) is 0.833. The summed E-state index contributed by atoms with van der Waals surface area (Å²) in [5.41, 5.74) is 0. The van der Waals surface area contributed by atoms with Gasteiger partial charge in [0.05, 0.1) is 13.0 Å². The van der Waals surface area contributed by atoms with E-state index in [0.29, 0.717) is 6.54 Å². The molecule has 0 unspecified atom stereocenters. The van der Waals surface area contributed by atoms with Crippen LogP contribution in [0.25, 0.3) is 0 Å². The molecule has 0 saturated carbocycles. The van der Waals surface area contributed by atoms with Crippen molar-refractivity contribution in [1.29, 1.82) is 0 Å². The minimum Gasteiger partial charge on any atom is -0.481 e. The summed E-state index contributed by atoms with van der Waals surface area (Å²) >= 11 is 0. The van der Waals surface area contributed by atoms with Gasteiger partial charge in [-0.25, -0.2) is 0 Å². The molecular weight excluding hydrogens is 220 g/mol. The van der Waals surface area contributed by atoms with Crippen LogP contribution in [-0.2, 0) is 9.59 Å². The number of carboxylic acids is 1. The standard InChI is InChI=1S/C12H22N2O3/c15-11(10-13-7-6-12(16)17)14-8-4-2-1-3-5-9-14/h13H,1-10H2,(H,16,17). The van der Waals surface area contributed by atoms with E-state index in [1.54, 1.807) is 0 Å². The Labute approximate surface area is 102 Å². The molecule has 0 aliphatic carbocycles. The van der Waals surface area contributed by atoms with Crippen LogP contribution in [0.4, 0.5) is 0 Å². The third-order valence-corrected chi connectivity index (χ3v) is 3.00. The van der Waals surface area contributed by atoms with Gasteiger partial charge in [0.25, 0.3) is 0 Å². The van der Waals surface area contributed by atoms with Crippen molar-refractivity contribution >= 4 is 11.9 Å². The molecule has 5 heteroatoms. The smallest absolute Gasteiger partial charge is 0.304 e. The topological polar surface area (TPSA) is 69.6 Å².